The van der Waals surface area contributed by atoms with Crippen LogP contribution in [0.25, 0.3) is 10.9 Å². The van der Waals surface area contributed by atoms with E-state index in [2.05, 4.69) is 26.2 Å². The van der Waals surface area contributed by atoms with Crippen molar-refractivity contribution in [1.82, 2.24) is 20.1 Å². The normalized spacial score (nSPS) is 27.6. The molecule has 9 heteroatoms. The van der Waals surface area contributed by atoms with E-state index in [9.17, 15) is 18.4 Å². The number of ether oxygens (including phenoxy) is 1. The zero-order valence-electron chi connectivity index (χ0n) is 21.5. The number of amides is 1. The molecule has 3 aromatic rings. The van der Waals surface area contributed by atoms with Crippen molar-refractivity contribution in [3.05, 3.63) is 70.9 Å². The number of carbonyl (C=O) groups excluding carboxylic acids is 2. The fraction of sp³-hybridized carbons (Fsp3) is 0.448. The molecule has 0 saturated carbocycles. The number of aromatic nitrogens is 1. The summed E-state index contributed by atoms with van der Waals surface area (Å²) in [5.74, 6) is -2.16. The zero-order chi connectivity index (χ0) is 26.6. The number of para-hydroxylation sites is 1. The molecule has 200 valence electrons. The van der Waals surface area contributed by atoms with Crippen LogP contribution in [-0.4, -0.2) is 65.0 Å². The van der Waals surface area contributed by atoms with Crippen LogP contribution in [0.15, 0.2) is 42.5 Å². The van der Waals surface area contributed by atoms with Crippen LogP contribution in [0.3, 0.4) is 0 Å². The molecule has 38 heavy (non-hydrogen) atoms. The van der Waals surface area contributed by atoms with E-state index in [0.717, 1.165) is 54.2 Å². The number of methoxy groups -OCH3 is 1. The van der Waals surface area contributed by atoms with Crippen molar-refractivity contribution in [2.75, 3.05) is 20.2 Å². The van der Waals surface area contributed by atoms with E-state index in [1.807, 2.05) is 18.2 Å². The largest absolute Gasteiger partial charge is 0.468 e. The maximum absolute atomic E-state index is 14.5. The first-order valence-corrected chi connectivity index (χ1v) is 13.2. The van der Waals surface area contributed by atoms with E-state index in [1.165, 1.54) is 20.1 Å². The van der Waals surface area contributed by atoms with Gasteiger partial charge in [-0.1, -0.05) is 24.3 Å². The molecule has 2 saturated heterocycles. The summed E-state index contributed by atoms with van der Waals surface area (Å²) in [6.07, 6.45) is 2.75. The van der Waals surface area contributed by atoms with Gasteiger partial charge >= 0.3 is 5.97 Å². The number of halogens is 2. The molecule has 0 unspecified atom stereocenters. The number of hydrogen-bond acceptors (Lipinski definition) is 5. The number of benzene rings is 2. The van der Waals surface area contributed by atoms with Crippen LogP contribution < -0.4 is 5.32 Å². The summed E-state index contributed by atoms with van der Waals surface area (Å²) >= 11 is 0. The Morgan fingerprint density at radius 1 is 1.08 bits per heavy atom. The lowest BCUT2D eigenvalue weighted by atomic mass is 9.79. The van der Waals surface area contributed by atoms with Crippen molar-refractivity contribution in [2.24, 2.45) is 0 Å². The molecule has 0 aliphatic carbocycles. The number of nitrogens with one attached hydrogen (secondary N) is 2. The molecule has 5 atom stereocenters. The Labute approximate surface area is 220 Å². The van der Waals surface area contributed by atoms with Gasteiger partial charge in [0.1, 0.15) is 6.04 Å². The SMILES string of the molecule is COC(=O)[C@@H]1Cc2c([nH]c3ccccc23)[C@H]2C[C@H](N3CC[C@H](NC(C)=O)C3)C[C@@H](c3ccc(F)c(F)c3)N21. The molecule has 6 rings (SSSR count). The van der Waals surface area contributed by atoms with Crippen LogP contribution in [-0.2, 0) is 20.7 Å². The quantitative estimate of drug-likeness (QED) is 0.507. The van der Waals surface area contributed by atoms with Gasteiger partial charge < -0.3 is 15.0 Å². The molecule has 2 aromatic carbocycles. The van der Waals surface area contributed by atoms with Gasteiger partial charge in [-0.15, -0.1) is 0 Å². The molecule has 4 heterocycles. The molecule has 3 aliphatic heterocycles. The lowest BCUT2D eigenvalue weighted by Crippen LogP contribution is -2.56. The highest BCUT2D eigenvalue weighted by atomic mass is 19.2. The van der Waals surface area contributed by atoms with E-state index >= 15 is 0 Å². The van der Waals surface area contributed by atoms with E-state index < -0.39 is 17.7 Å². The lowest BCUT2D eigenvalue weighted by Gasteiger charge is -2.52. The highest BCUT2D eigenvalue weighted by Crippen LogP contribution is 2.50. The molecule has 3 aliphatic rings. The second-order valence-corrected chi connectivity index (χ2v) is 10.8. The zero-order valence-corrected chi connectivity index (χ0v) is 21.5. The number of aromatic amines is 1. The van der Waals surface area contributed by atoms with Crippen LogP contribution in [0.4, 0.5) is 8.78 Å². The third-order valence-electron chi connectivity index (χ3n) is 8.59. The van der Waals surface area contributed by atoms with Crippen molar-refractivity contribution in [3.63, 3.8) is 0 Å². The van der Waals surface area contributed by atoms with Gasteiger partial charge in [0.05, 0.1) is 13.2 Å². The summed E-state index contributed by atoms with van der Waals surface area (Å²) < 4.78 is 33.7. The second kappa shape index (κ2) is 9.78. The van der Waals surface area contributed by atoms with Crippen molar-refractivity contribution in [1.29, 1.82) is 0 Å². The summed E-state index contributed by atoms with van der Waals surface area (Å²) in [6.45, 7) is 3.11. The monoisotopic (exact) mass is 522 g/mol. The smallest absolute Gasteiger partial charge is 0.323 e. The van der Waals surface area contributed by atoms with Crippen LogP contribution in [0.5, 0.6) is 0 Å². The molecule has 0 radical (unpaired) electrons. The van der Waals surface area contributed by atoms with Gasteiger partial charge in [0, 0.05) is 61.2 Å². The molecule has 2 fully saturated rings. The Balaban J connectivity index is 1.45. The van der Waals surface area contributed by atoms with Gasteiger partial charge in [0.15, 0.2) is 11.6 Å². The van der Waals surface area contributed by atoms with Crippen LogP contribution in [0.1, 0.15) is 55.1 Å². The van der Waals surface area contributed by atoms with E-state index in [1.54, 1.807) is 6.07 Å². The predicted molar refractivity (Wildman–Crippen MR) is 138 cm³/mol. The third-order valence-corrected chi connectivity index (χ3v) is 8.59. The molecular formula is C29H32F2N4O3. The Morgan fingerprint density at radius 3 is 2.63 bits per heavy atom. The van der Waals surface area contributed by atoms with E-state index in [-0.39, 0.29) is 36.0 Å². The maximum Gasteiger partial charge on any atom is 0.323 e. The summed E-state index contributed by atoms with van der Waals surface area (Å²) in [5, 5.41) is 4.13. The Bertz CT molecular complexity index is 1390. The summed E-state index contributed by atoms with van der Waals surface area (Å²) in [7, 11) is 1.40. The highest BCUT2D eigenvalue weighted by Gasteiger charge is 2.49. The van der Waals surface area contributed by atoms with Gasteiger partial charge in [0.2, 0.25) is 5.91 Å². The Morgan fingerprint density at radius 2 is 1.87 bits per heavy atom. The van der Waals surface area contributed by atoms with Gasteiger partial charge in [-0.05, 0) is 48.6 Å². The molecule has 0 bridgehead atoms. The Kier molecular flexibility index (Phi) is 6.44. The number of hydrogen-bond donors (Lipinski definition) is 2. The summed E-state index contributed by atoms with van der Waals surface area (Å²) in [6, 6.07) is 11.3. The number of nitrogens with zero attached hydrogens (tertiary/aromatic N) is 2. The first-order valence-electron chi connectivity index (χ1n) is 13.2. The average Bonchev–Trinajstić information content (AvgIpc) is 3.53. The number of likely N-dealkylation sites (tertiary alicyclic amines) is 1. The van der Waals surface area contributed by atoms with Crippen molar-refractivity contribution in [2.45, 2.75) is 62.8 Å². The van der Waals surface area contributed by atoms with E-state index in [0.29, 0.717) is 18.4 Å². The fourth-order valence-corrected chi connectivity index (χ4v) is 6.99. The average molecular weight is 523 g/mol. The van der Waals surface area contributed by atoms with E-state index in [4.69, 9.17) is 4.74 Å². The standard InChI is InChI=1S/C29H32F2N4O3/c1-16(36)32-18-9-10-34(15-18)19-12-25(17-7-8-22(30)23(31)11-17)35-26(13-19)28-21(14-27(35)29(37)38-2)20-5-3-4-6-24(20)33-28/h3-8,11,18-19,25-27,33H,9-10,12-15H2,1-2H3,(H,32,36)/t18-,19+,25-,26+,27-/m0/s1. The molecular weight excluding hydrogens is 490 g/mol. The van der Waals surface area contributed by atoms with Crippen molar-refractivity contribution in [3.8, 4) is 0 Å². The predicted octanol–water partition coefficient (Wildman–Crippen LogP) is 4.00. The molecule has 2 N–H and O–H groups in total. The summed E-state index contributed by atoms with van der Waals surface area (Å²) in [5.41, 5.74) is 3.84. The van der Waals surface area contributed by atoms with Gasteiger partial charge in [-0.25, -0.2) is 8.78 Å². The first kappa shape index (κ1) is 25.0. The third kappa shape index (κ3) is 4.27. The fourth-order valence-electron chi connectivity index (χ4n) is 6.99. The number of H-pyrrole nitrogens is 1. The van der Waals surface area contributed by atoms with Crippen LogP contribution >= 0.6 is 0 Å². The number of fused-ring (bicyclic) bond motifs is 5. The van der Waals surface area contributed by atoms with Crippen LogP contribution in [0.2, 0.25) is 0 Å². The molecule has 1 amide bonds. The van der Waals surface area contributed by atoms with Gasteiger partial charge in [-0.2, -0.15) is 0 Å². The minimum atomic E-state index is -0.897. The van der Waals surface area contributed by atoms with Crippen LogP contribution in [0, 0.1) is 11.6 Å². The summed E-state index contributed by atoms with van der Waals surface area (Å²) in [4.78, 5) is 33.1. The minimum Gasteiger partial charge on any atom is -0.468 e. The number of carbonyl (C=O) groups is 2. The van der Waals surface area contributed by atoms with Gasteiger partial charge in [0.25, 0.3) is 0 Å². The Hall–Kier alpha value is -3.30. The maximum atomic E-state index is 14.5. The molecule has 1 aromatic heterocycles. The highest BCUT2D eigenvalue weighted by molar-refractivity contribution is 5.87. The second-order valence-electron chi connectivity index (χ2n) is 10.8. The number of esters is 1. The first-order chi connectivity index (χ1) is 18.3. The van der Waals surface area contributed by atoms with Crippen molar-refractivity contribution < 1.29 is 23.1 Å². The number of rotatable bonds is 4. The molecule has 0 spiro atoms. The molecule has 7 nitrogen and oxygen atoms in total. The van der Waals surface area contributed by atoms with Gasteiger partial charge in [-0.3, -0.25) is 19.4 Å². The minimum absolute atomic E-state index is 0.0396. The van der Waals surface area contributed by atoms with Crippen molar-refractivity contribution >= 4 is 22.8 Å². The lowest BCUT2D eigenvalue weighted by molar-refractivity contribution is -0.152. The topological polar surface area (TPSA) is 77.7 Å². The number of piperidine rings is 1.